The molecule has 0 heterocycles. The topological polar surface area (TPSA) is 63.6 Å². The predicted molar refractivity (Wildman–Crippen MR) is 52.2 cm³/mol. The van der Waals surface area contributed by atoms with Gasteiger partial charge in [-0.15, -0.1) is 0 Å². The second-order valence-electron chi connectivity index (χ2n) is 3.11. The minimum Gasteiger partial charge on any atom is -0.428 e. The normalized spacial score (nSPS) is 14.0. The van der Waals surface area contributed by atoms with Gasteiger partial charge in [-0.2, -0.15) is 30.4 Å². The minimum atomic E-state index is -5.61. The number of hydrogen-bond donors (Lipinski definition) is 1. The summed E-state index contributed by atoms with van der Waals surface area (Å²) in [7, 11) is -4.86. The molecule has 0 unspecified atom stereocenters. The van der Waals surface area contributed by atoms with Gasteiger partial charge in [0.25, 0.3) is 15.9 Å². The monoisotopic (exact) mass is 304 g/mol. The molecule has 0 radical (unpaired) electrons. The molecule has 0 amide bonds. The van der Waals surface area contributed by atoms with Gasteiger partial charge in [-0.3, -0.25) is 4.55 Å². The lowest BCUT2D eigenvalue weighted by Crippen LogP contribution is -2.12. The van der Waals surface area contributed by atoms with Crippen molar-refractivity contribution in [3.8, 4) is 5.75 Å². The number of hydrogen-bond acceptors (Lipinski definition) is 3. The van der Waals surface area contributed by atoms with Crippen LogP contribution in [-0.4, -0.2) is 19.1 Å². The van der Waals surface area contributed by atoms with Gasteiger partial charge < -0.3 is 4.74 Å². The molecule has 0 aliphatic rings. The molecule has 1 aromatic carbocycles. The summed E-state index contributed by atoms with van der Waals surface area (Å²) in [5.41, 5.74) is 0. The van der Waals surface area contributed by atoms with Crippen LogP contribution in [0, 0.1) is 0 Å². The van der Waals surface area contributed by atoms with Gasteiger partial charge in [0.2, 0.25) is 0 Å². The van der Waals surface area contributed by atoms with Gasteiger partial charge in [0.1, 0.15) is 4.90 Å². The molecule has 0 spiro atoms. The molecule has 1 N–H and O–H groups in total. The van der Waals surface area contributed by atoms with Crippen LogP contribution in [0.15, 0.2) is 41.0 Å². The van der Waals surface area contributed by atoms with Crippen molar-refractivity contribution in [2.24, 2.45) is 0 Å². The van der Waals surface area contributed by atoms with Crippen molar-refractivity contribution in [1.29, 1.82) is 0 Å². The second-order valence-corrected chi connectivity index (χ2v) is 4.50. The third kappa shape index (κ3) is 3.89. The lowest BCUT2D eigenvalue weighted by atomic mass is 10.3. The van der Waals surface area contributed by atoms with E-state index in [-0.39, 0.29) is 0 Å². The van der Waals surface area contributed by atoms with Gasteiger partial charge in [0, 0.05) is 0 Å². The zero-order valence-electron chi connectivity index (χ0n) is 8.78. The van der Waals surface area contributed by atoms with Crippen molar-refractivity contribution < 1.29 is 39.7 Å². The molecule has 1 rings (SSSR count). The third-order valence-corrected chi connectivity index (χ3v) is 2.64. The number of rotatable bonds is 3. The van der Waals surface area contributed by atoms with Crippen molar-refractivity contribution in [2.75, 3.05) is 0 Å². The van der Waals surface area contributed by atoms with Crippen molar-refractivity contribution in [3.05, 3.63) is 36.1 Å². The first-order valence-corrected chi connectivity index (χ1v) is 5.84. The van der Waals surface area contributed by atoms with Crippen molar-refractivity contribution in [1.82, 2.24) is 0 Å². The predicted octanol–water partition coefficient (Wildman–Crippen LogP) is 2.98. The van der Waals surface area contributed by atoms with E-state index < -0.39 is 38.8 Å². The molecular weight excluding hydrogens is 299 g/mol. The molecule has 10 heteroatoms. The molecular formula is C9H5F5O4S. The van der Waals surface area contributed by atoms with Gasteiger partial charge in [0.15, 0.2) is 5.75 Å². The van der Waals surface area contributed by atoms with E-state index in [1.165, 1.54) is 0 Å². The molecule has 0 bridgehead atoms. The minimum absolute atomic E-state index is 0.740. The van der Waals surface area contributed by atoms with Crippen LogP contribution in [0.1, 0.15) is 0 Å². The number of para-hydroxylation sites is 1. The molecule has 106 valence electrons. The van der Waals surface area contributed by atoms with Gasteiger partial charge in [-0.25, -0.2) is 0 Å². The maximum atomic E-state index is 12.8. The number of halogens is 5. The number of ether oxygens (including phenoxy) is 1. The van der Waals surface area contributed by atoms with Crippen LogP contribution in [0.3, 0.4) is 0 Å². The van der Waals surface area contributed by atoms with Crippen LogP contribution in [0.2, 0.25) is 0 Å². The molecule has 0 saturated carbocycles. The summed E-state index contributed by atoms with van der Waals surface area (Å²) >= 11 is 0. The van der Waals surface area contributed by atoms with Gasteiger partial charge in [-0.05, 0) is 12.1 Å². The van der Waals surface area contributed by atoms with Crippen LogP contribution < -0.4 is 4.74 Å². The fourth-order valence-electron chi connectivity index (χ4n) is 1.00. The molecule has 0 aliphatic heterocycles. The quantitative estimate of drug-likeness (QED) is 0.530. The summed E-state index contributed by atoms with van der Waals surface area (Å²) in [5, 5.41) is 0. The zero-order chi connectivity index (χ0) is 14.8. The highest BCUT2D eigenvalue weighted by molar-refractivity contribution is 7.86. The molecule has 4 nitrogen and oxygen atoms in total. The SMILES string of the molecule is O=S(=O)(O)c1ccccc1O/C(F)=C(\F)C(F)(F)F. The lowest BCUT2D eigenvalue weighted by molar-refractivity contribution is -0.114. The van der Waals surface area contributed by atoms with Crippen LogP contribution in [0.4, 0.5) is 22.0 Å². The highest BCUT2D eigenvalue weighted by Gasteiger charge is 2.39. The van der Waals surface area contributed by atoms with Crippen molar-refractivity contribution >= 4 is 10.1 Å². The van der Waals surface area contributed by atoms with E-state index in [2.05, 4.69) is 4.74 Å². The number of allylic oxidation sites excluding steroid dienone is 1. The van der Waals surface area contributed by atoms with E-state index >= 15 is 0 Å². The maximum Gasteiger partial charge on any atom is 0.449 e. The fourth-order valence-corrected chi connectivity index (χ4v) is 1.61. The summed E-state index contributed by atoms with van der Waals surface area (Å²) in [6.45, 7) is 0. The fraction of sp³-hybridized carbons (Fsp3) is 0.111. The largest absolute Gasteiger partial charge is 0.449 e. The number of alkyl halides is 3. The van der Waals surface area contributed by atoms with E-state index in [0.717, 1.165) is 24.3 Å². The van der Waals surface area contributed by atoms with Crippen LogP contribution in [0.5, 0.6) is 5.75 Å². The van der Waals surface area contributed by atoms with E-state index in [0.29, 0.717) is 0 Å². The number of benzene rings is 1. The molecule has 1 aromatic rings. The molecule has 0 fully saturated rings. The van der Waals surface area contributed by atoms with Crippen molar-refractivity contribution in [2.45, 2.75) is 11.1 Å². The third-order valence-electron chi connectivity index (χ3n) is 1.75. The van der Waals surface area contributed by atoms with E-state index in [1.807, 2.05) is 0 Å². The second kappa shape index (κ2) is 5.13. The Kier molecular flexibility index (Phi) is 4.15. The summed E-state index contributed by atoms with van der Waals surface area (Å²) in [6.07, 6.45) is -5.61. The van der Waals surface area contributed by atoms with E-state index in [1.54, 1.807) is 0 Å². The molecule has 0 atom stereocenters. The Morgan fingerprint density at radius 1 is 1.16 bits per heavy atom. The van der Waals surface area contributed by atoms with Gasteiger partial charge in [-0.1, -0.05) is 12.1 Å². The molecule has 0 saturated heterocycles. The highest BCUT2D eigenvalue weighted by Crippen LogP contribution is 2.32. The van der Waals surface area contributed by atoms with Gasteiger partial charge >= 0.3 is 12.2 Å². The highest BCUT2D eigenvalue weighted by atomic mass is 32.2. The molecule has 0 aliphatic carbocycles. The summed E-state index contributed by atoms with van der Waals surface area (Å²) in [6, 6.07) is 1.000. The maximum absolute atomic E-state index is 12.8. The average molecular weight is 304 g/mol. The summed E-state index contributed by atoms with van der Waals surface area (Å²) in [4.78, 5) is -1.000. The van der Waals surface area contributed by atoms with E-state index in [4.69, 9.17) is 4.55 Å². The first-order valence-electron chi connectivity index (χ1n) is 4.40. The Labute approximate surface area is 103 Å². The Morgan fingerprint density at radius 2 is 1.68 bits per heavy atom. The van der Waals surface area contributed by atoms with Crippen LogP contribution in [-0.2, 0) is 10.1 Å². The van der Waals surface area contributed by atoms with Gasteiger partial charge in [0.05, 0.1) is 0 Å². The van der Waals surface area contributed by atoms with Crippen LogP contribution in [0.25, 0.3) is 0 Å². The van der Waals surface area contributed by atoms with E-state index in [9.17, 15) is 30.4 Å². The Morgan fingerprint density at radius 3 is 2.16 bits per heavy atom. The zero-order valence-corrected chi connectivity index (χ0v) is 9.60. The average Bonchev–Trinajstić information content (AvgIpc) is 2.26. The van der Waals surface area contributed by atoms with Crippen molar-refractivity contribution in [3.63, 3.8) is 0 Å². The first-order chi connectivity index (χ1) is 8.53. The Hall–Kier alpha value is -1.68. The standard InChI is InChI=1S/C9H5F5O4S/c10-7(9(12,13)14)8(11)18-5-3-1-2-4-6(5)19(15,16)17/h1-4H,(H,15,16,17)/b8-7-. The Bertz CT molecular complexity index is 605. The summed E-state index contributed by atoms with van der Waals surface area (Å²) in [5.74, 6) is -4.14. The van der Waals surface area contributed by atoms with Crippen LogP contribution >= 0.6 is 0 Å². The summed E-state index contributed by atoms with van der Waals surface area (Å²) < 4.78 is 94.9. The lowest BCUT2D eigenvalue weighted by Gasteiger charge is -2.09. The Balaban J connectivity index is 3.22. The first kappa shape index (κ1) is 15.4. The molecule has 0 aromatic heterocycles. The smallest absolute Gasteiger partial charge is 0.428 e. The molecule has 19 heavy (non-hydrogen) atoms.